The summed E-state index contributed by atoms with van der Waals surface area (Å²) in [6.07, 6.45) is 1.52. The van der Waals surface area contributed by atoms with E-state index in [1.807, 2.05) is 26.8 Å². The van der Waals surface area contributed by atoms with Crippen molar-refractivity contribution in [3.05, 3.63) is 62.6 Å². The number of aromatic nitrogens is 3. The second-order valence-corrected chi connectivity index (χ2v) is 11.3. The Hall–Kier alpha value is -3.57. The second-order valence-electron chi connectivity index (χ2n) is 10.2. The number of aryl methyl sites for hydroxylation is 3. The van der Waals surface area contributed by atoms with Gasteiger partial charge in [0.25, 0.3) is 11.5 Å². The summed E-state index contributed by atoms with van der Waals surface area (Å²) in [4.78, 5) is 32.7. The molecule has 0 aliphatic carbocycles. The molecule has 8 nitrogen and oxygen atoms in total. The smallest absolute Gasteiger partial charge is 0.309 e. The number of aliphatic hydroxyl groups is 1. The monoisotopic (exact) mass is 544 g/mol. The molecule has 0 fully saturated rings. The number of carbonyl (C=O) groups excluding carboxylic acids is 1. The maximum atomic E-state index is 15.3. The number of ether oxygens (including phenoxy) is 1. The molecule has 0 spiro atoms. The zero-order valence-corrected chi connectivity index (χ0v) is 23.0. The largest absolute Gasteiger partial charge is 0.437 e. The van der Waals surface area contributed by atoms with Gasteiger partial charge in [-0.3, -0.25) is 9.59 Å². The average molecular weight is 545 g/mol. The van der Waals surface area contributed by atoms with E-state index in [-0.39, 0.29) is 34.4 Å². The van der Waals surface area contributed by atoms with Crippen molar-refractivity contribution in [2.45, 2.75) is 59.1 Å². The molecule has 4 rings (SSSR count). The Morgan fingerprint density at radius 1 is 1.21 bits per heavy atom. The van der Waals surface area contributed by atoms with Crippen molar-refractivity contribution < 1.29 is 23.4 Å². The van der Waals surface area contributed by atoms with Gasteiger partial charge in [0.2, 0.25) is 5.88 Å². The molecule has 0 aromatic carbocycles. The van der Waals surface area contributed by atoms with Gasteiger partial charge in [-0.25, -0.2) is 4.98 Å². The number of pyridine rings is 2. The average Bonchev–Trinajstić information content (AvgIpc) is 3.40. The first-order chi connectivity index (χ1) is 17.6. The summed E-state index contributed by atoms with van der Waals surface area (Å²) in [5.74, 6) is -3.71. The summed E-state index contributed by atoms with van der Waals surface area (Å²) < 4.78 is 38.0. The lowest BCUT2D eigenvalue weighted by Gasteiger charge is -2.27. The topological polar surface area (TPSA) is 109 Å². The maximum absolute atomic E-state index is 15.3. The third kappa shape index (κ3) is 5.08. The van der Waals surface area contributed by atoms with Gasteiger partial charge >= 0.3 is 5.92 Å². The molecule has 4 aromatic rings. The van der Waals surface area contributed by atoms with Crippen LogP contribution in [0.2, 0.25) is 0 Å². The van der Waals surface area contributed by atoms with E-state index in [1.54, 1.807) is 13.0 Å². The Kier molecular flexibility index (Phi) is 6.96. The minimum Gasteiger partial charge on any atom is -0.437 e. The second kappa shape index (κ2) is 9.63. The van der Waals surface area contributed by atoms with Crippen LogP contribution in [0.1, 0.15) is 54.3 Å². The molecule has 0 unspecified atom stereocenters. The fourth-order valence-corrected chi connectivity index (χ4v) is 5.28. The van der Waals surface area contributed by atoms with E-state index in [0.717, 1.165) is 30.7 Å². The van der Waals surface area contributed by atoms with Crippen LogP contribution in [0.25, 0.3) is 21.3 Å². The molecule has 0 aliphatic heterocycles. The highest BCUT2D eigenvalue weighted by atomic mass is 32.1. The first-order valence-electron chi connectivity index (χ1n) is 12.0. The van der Waals surface area contributed by atoms with Crippen LogP contribution in [0.4, 0.5) is 8.78 Å². The van der Waals surface area contributed by atoms with Crippen LogP contribution >= 0.6 is 11.3 Å². The highest BCUT2D eigenvalue weighted by molar-refractivity contribution is 7.16. The van der Waals surface area contributed by atoms with Gasteiger partial charge < -0.3 is 24.7 Å². The van der Waals surface area contributed by atoms with Crippen molar-refractivity contribution in [3.8, 4) is 22.1 Å². The summed E-state index contributed by atoms with van der Waals surface area (Å²) in [6.45, 7) is 9.35. The van der Waals surface area contributed by atoms with Gasteiger partial charge in [-0.15, -0.1) is 11.3 Å². The minimum absolute atomic E-state index is 0.0840. The van der Waals surface area contributed by atoms with E-state index < -0.39 is 22.3 Å². The standard InChI is InChI=1S/C27H30F2N4O4S/c1-13(2)30-24(34)18-10-16-17(12-33(7)25(35)22(16)32-18)23-19(37-21-9-14(3)8-15(4)31-21)11-20(38-23)27(28,29)26(5,6)36/h8-13,32,36H,1-7H3,(H,30,34). The van der Waals surface area contributed by atoms with Gasteiger partial charge in [-0.2, -0.15) is 8.78 Å². The number of thiophene rings is 1. The summed E-state index contributed by atoms with van der Waals surface area (Å²) in [6, 6.07) is 6.12. The lowest BCUT2D eigenvalue weighted by Crippen LogP contribution is -2.39. The van der Waals surface area contributed by atoms with Crippen molar-refractivity contribution in [1.29, 1.82) is 0 Å². The Balaban J connectivity index is 1.97. The number of nitrogens with zero attached hydrogens (tertiary/aromatic N) is 2. The number of aromatic amines is 1. The van der Waals surface area contributed by atoms with Crippen LogP contribution in [0.5, 0.6) is 11.6 Å². The van der Waals surface area contributed by atoms with Crippen LogP contribution in [0.3, 0.4) is 0 Å². The van der Waals surface area contributed by atoms with Crippen molar-refractivity contribution in [2.24, 2.45) is 7.05 Å². The summed E-state index contributed by atoms with van der Waals surface area (Å²) in [7, 11) is 1.53. The molecule has 38 heavy (non-hydrogen) atoms. The minimum atomic E-state index is -3.61. The van der Waals surface area contributed by atoms with Crippen LogP contribution < -0.4 is 15.6 Å². The summed E-state index contributed by atoms with van der Waals surface area (Å²) in [5.41, 5.74) is -0.445. The molecule has 0 saturated carbocycles. The van der Waals surface area contributed by atoms with Gasteiger partial charge in [0.05, 0.1) is 9.75 Å². The number of hydrogen-bond acceptors (Lipinski definition) is 6. The number of rotatable bonds is 7. The van der Waals surface area contributed by atoms with Crippen LogP contribution in [0, 0.1) is 13.8 Å². The Bertz CT molecular complexity index is 1570. The van der Waals surface area contributed by atoms with Gasteiger partial charge in [0, 0.05) is 48.1 Å². The fourth-order valence-electron chi connectivity index (χ4n) is 4.04. The molecule has 0 aliphatic rings. The Labute approximate surface area is 222 Å². The number of fused-ring (bicyclic) bond motifs is 1. The number of alkyl halides is 2. The van der Waals surface area contributed by atoms with Gasteiger partial charge in [0.15, 0.2) is 0 Å². The van der Waals surface area contributed by atoms with Gasteiger partial charge in [0.1, 0.15) is 22.6 Å². The Morgan fingerprint density at radius 2 is 1.89 bits per heavy atom. The van der Waals surface area contributed by atoms with Crippen molar-refractivity contribution in [2.75, 3.05) is 0 Å². The van der Waals surface area contributed by atoms with Crippen LogP contribution in [0.15, 0.2) is 35.3 Å². The number of nitrogens with one attached hydrogen (secondary N) is 2. The van der Waals surface area contributed by atoms with E-state index in [4.69, 9.17) is 4.74 Å². The number of halogens is 2. The quantitative estimate of drug-likeness (QED) is 0.289. The lowest BCUT2D eigenvalue weighted by atomic mass is 9.99. The number of hydrogen-bond donors (Lipinski definition) is 3. The highest BCUT2D eigenvalue weighted by Crippen LogP contribution is 2.50. The molecule has 0 saturated heterocycles. The zero-order valence-electron chi connectivity index (χ0n) is 22.2. The van der Waals surface area contributed by atoms with E-state index in [9.17, 15) is 14.7 Å². The number of amides is 1. The summed E-state index contributed by atoms with van der Waals surface area (Å²) >= 11 is 0.739. The molecule has 0 atom stereocenters. The molecule has 1 amide bonds. The van der Waals surface area contributed by atoms with Gasteiger partial charge in [-0.1, -0.05) is 0 Å². The molecule has 4 aromatic heterocycles. The number of H-pyrrole nitrogens is 1. The predicted molar refractivity (Wildman–Crippen MR) is 143 cm³/mol. The molecular weight excluding hydrogens is 514 g/mol. The van der Waals surface area contributed by atoms with Crippen LogP contribution in [-0.4, -0.2) is 37.2 Å². The molecule has 11 heteroatoms. The maximum Gasteiger partial charge on any atom is 0.309 e. The molecule has 202 valence electrons. The van der Waals surface area contributed by atoms with Crippen molar-refractivity contribution >= 4 is 28.1 Å². The zero-order chi connectivity index (χ0) is 28.2. The first kappa shape index (κ1) is 27.5. The van der Waals surface area contributed by atoms with Crippen molar-refractivity contribution in [3.63, 3.8) is 0 Å². The predicted octanol–water partition coefficient (Wildman–Crippen LogP) is 5.40. The highest BCUT2D eigenvalue weighted by Gasteiger charge is 2.49. The normalized spacial score (nSPS) is 12.4. The number of carbonyl (C=O) groups is 1. The first-order valence-corrected chi connectivity index (χ1v) is 12.8. The van der Waals surface area contributed by atoms with Crippen molar-refractivity contribution in [1.82, 2.24) is 19.9 Å². The molecule has 3 N–H and O–H groups in total. The molecular formula is C27H30F2N4O4S. The molecule has 4 heterocycles. The van der Waals surface area contributed by atoms with Gasteiger partial charge in [-0.05, 0) is 59.2 Å². The third-order valence-electron chi connectivity index (χ3n) is 5.94. The van der Waals surface area contributed by atoms with E-state index in [1.165, 1.54) is 29.9 Å². The SMILES string of the molecule is Cc1cc(C)nc(Oc2cc(C(F)(F)C(C)(C)O)sc2-c2cn(C)c(=O)c3[nH]c(C(=O)NC(C)C)cc23)c1. The lowest BCUT2D eigenvalue weighted by molar-refractivity contribution is -0.166. The summed E-state index contributed by atoms with van der Waals surface area (Å²) in [5, 5.41) is 13.4. The Morgan fingerprint density at radius 3 is 2.50 bits per heavy atom. The van der Waals surface area contributed by atoms with E-state index in [2.05, 4.69) is 15.3 Å². The van der Waals surface area contributed by atoms with Crippen LogP contribution in [-0.2, 0) is 13.0 Å². The molecule has 0 radical (unpaired) electrons. The van der Waals surface area contributed by atoms with E-state index >= 15 is 8.78 Å². The third-order valence-corrected chi connectivity index (χ3v) is 7.16. The fraction of sp³-hybridized carbons (Fsp3) is 0.370. The molecule has 0 bridgehead atoms. The van der Waals surface area contributed by atoms with E-state index in [0.29, 0.717) is 21.5 Å².